The minimum Gasteiger partial charge on any atom is -0.483 e. The zero-order chi connectivity index (χ0) is 15.1. The molecule has 1 N–H and O–H groups in total. The summed E-state index contributed by atoms with van der Waals surface area (Å²) in [6, 6.07) is 5.97. The molecule has 6 heteroatoms. The minimum atomic E-state index is 0.287. The lowest BCUT2D eigenvalue weighted by Gasteiger charge is -2.11. The highest BCUT2D eigenvalue weighted by Crippen LogP contribution is 2.24. The molecule has 1 aromatic heterocycles. The molecule has 0 aliphatic carbocycles. The second-order valence-corrected chi connectivity index (χ2v) is 5.59. The van der Waals surface area contributed by atoms with E-state index in [1.54, 1.807) is 0 Å². The summed E-state index contributed by atoms with van der Waals surface area (Å²) in [5.74, 6) is 2.04. The maximum absolute atomic E-state index is 5.81. The standard InChI is InChI=1S/C15H20BrN3O2/c1-3-7-17-9-11-8-12(16)5-6-13(11)20-10-15-18-14(4-2)19-21-15/h5-6,8,17H,3-4,7,9-10H2,1-2H3. The Hall–Kier alpha value is -1.40. The third-order valence-corrected chi connectivity index (χ3v) is 3.44. The monoisotopic (exact) mass is 353 g/mol. The predicted octanol–water partition coefficient (Wildman–Crippen LogP) is 3.47. The van der Waals surface area contributed by atoms with Crippen molar-refractivity contribution >= 4 is 15.9 Å². The van der Waals surface area contributed by atoms with Gasteiger partial charge in [0.05, 0.1) is 0 Å². The fourth-order valence-corrected chi connectivity index (χ4v) is 2.27. The van der Waals surface area contributed by atoms with Crippen LogP contribution in [0.15, 0.2) is 27.2 Å². The molecule has 2 rings (SSSR count). The summed E-state index contributed by atoms with van der Waals surface area (Å²) >= 11 is 3.49. The average Bonchev–Trinajstić information content (AvgIpc) is 2.95. The molecule has 114 valence electrons. The van der Waals surface area contributed by atoms with Gasteiger partial charge in [0.2, 0.25) is 0 Å². The minimum absolute atomic E-state index is 0.287. The van der Waals surface area contributed by atoms with Gasteiger partial charge in [0.25, 0.3) is 5.89 Å². The lowest BCUT2D eigenvalue weighted by Crippen LogP contribution is -2.14. The molecule has 1 heterocycles. The summed E-state index contributed by atoms with van der Waals surface area (Å²) in [6.45, 7) is 6.17. The number of hydrogen-bond acceptors (Lipinski definition) is 5. The molecule has 0 unspecified atom stereocenters. The Balaban J connectivity index is 2.00. The maximum atomic E-state index is 5.81. The van der Waals surface area contributed by atoms with Crippen molar-refractivity contribution in [2.75, 3.05) is 6.54 Å². The van der Waals surface area contributed by atoms with Crippen LogP contribution in [0.25, 0.3) is 0 Å². The van der Waals surface area contributed by atoms with E-state index in [2.05, 4.69) is 44.4 Å². The Morgan fingerprint density at radius 3 is 2.90 bits per heavy atom. The van der Waals surface area contributed by atoms with E-state index in [0.29, 0.717) is 11.7 Å². The van der Waals surface area contributed by atoms with Crippen LogP contribution >= 0.6 is 15.9 Å². The highest BCUT2D eigenvalue weighted by molar-refractivity contribution is 9.10. The molecule has 0 atom stereocenters. The SMILES string of the molecule is CCCNCc1cc(Br)ccc1OCc1nc(CC)no1. The van der Waals surface area contributed by atoms with E-state index in [4.69, 9.17) is 9.26 Å². The number of nitrogens with zero attached hydrogens (tertiary/aromatic N) is 2. The number of halogens is 1. The first-order chi connectivity index (χ1) is 10.2. The second kappa shape index (κ2) is 8.14. The Kier molecular flexibility index (Phi) is 6.20. The van der Waals surface area contributed by atoms with Gasteiger partial charge in [0, 0.05) is 23.0 Å². The van der Waals surface area contributed by atoms with E-state index in [1.807, 2.05) is 19.1 Å². The molecule has 0 aliphatic heterocycles. The molecule has 0 fully saturated rings. The van der Waals surface area contributed by atoms with Crippen molar-refractivity contribution < 1.29 is 9.26 Å². The zero-order valence-electron chi connectivity index (χ0n) is 12.4. The van der Waals surface area contributed by atoms with Crippen LogP contribution in [0.4, 0.5) is 0 Å². The van der Waals surface area contributed by atoms with Crippen LogP contribution in [0.2, 0.25) is 0 Å². The Morgan fingerprint density at radius 2 is 2.19 bits per heavy atom. The Morgan fingerprint density at radius 1 is 1.33 bits per heavy atom. The van der Waals surface area contributed by atoms with Gasteiger partial charge in [-0.2, -0.15) is 4.98 Å². The molecule has 2 aromatic rings. The van der Waals surface area contributed by atoms with Crippen molar-refractivity contribution in [3.63, 3.8) is 0 Å². The van der Waals surface area contributed by atoms with E-state index in [1.165, 1.54) is 0 Å². The Labute approximate surface area is 133 Å². The van der Waals surface area contributed by atoms with Crippen molar-refractivity contribution in [1.29, 1.82) is 0 Å². The summed E-state index contributed by atoms with van der Waals surface area (Å²) in [5, 5.41) is 7.24. The molecule has 0 aliphatic rings. The van der Waals surface area contributed by atoms with E-state index >= 15 is 0 Å². The third kappa shape index (κ3) is 4.82. The van der Waals surface area contributed by atoms with E-state index in [9.17, 15) is 0 Å². The van der Waals surface area contributed by atoms with E-state index in [-0.39, 0.29) is 6.61 Å². The first-order valence-corrected chi connectivity index (χ1v) is 7.95. The van der Waals surface area contributed by atoms with Crippen molar-refractivity contribution in [2.45, 2.75) is 39.8 Å². The number of aryl methyl sites for hydroxylation is 1. The second-order valence-electron chi connectivity index (χ2n) is 4.68. The third-order valence-electron chi connectivity index (χ3n) is 2.94. The van der Waals surface area contributed by atoms with Gasteiger partial charge in [-0.15, -0.1) is 0 Å². The lowest BCUT2D eigenvalue weighted by atomic mass is 10.2. The molecule has 1 aromatic carbocycles. The highest BCUT2D eigenvalue weighted by Gasteiger charge is 2.08. The number of ether oxygens (including phenoxy) is 1. The molecule has 0 radical (unpaired) electrons. The summed E-state index contributed by atoms with van der Waals surface area (Å²) in [6.07, 6.45) is 1.86. The van der Waals surface area contributed by atoms with Crippen LogP contribution in [0, 0.1) is 0 Å². The van der Waals surface area contributed by atoms with Gasteiger partial charge < -0.3 is 14.6 Å². The fraction of sp³-hybridized carbons (Fsp3) is 0.467. The van der Waals surface area contributed by atoms with Crippen molar-refractivity contribution in [1.82, 2.24) is 15.5 Å². The van der Waals surface area contributed by atoms with Crippen LogP contribution in [0.5, 0.6) is 5.75 Å². The number of nitrogens with one attached hydrogen (secondary N) is 1. The van der Waals surface area contributed by atoms with Crippen LogP contribution in [-0.4, -0.2) is 16.7 Å². The molecule has 0 saturated carbocycles. The summed E-state index contributed by atoms with van der Waals surface area (Å²) in [4.78, 5) is 4.24. The number of benzene rings is 1. The van der Waals surface area contributed by atoms with E-state index < -0.39 is 0 Å². The summed E-state index contributed by atoms with van der Waals surface area (Å²) in [7, 11) is 0. The number of rotatable bonds is 8. The fourth-order valence-electron chi connectivity index (χ4n) is 1.86. The molecule has 21 heavy (non-hydrogen) atoms. The maximum Gasteiger partial charge on any atom is 0.264 e. The van der Waals surface area contributed by atoms with Crippen molar-refractivity contribution in [3.05, 3.63) is 40.0 Å². The van der Waals surface area contributed by atoms with Crippen LogP contribution < -0.4 is 10.1 Å². The zero-order valence-corrected chi connectivity index (χ0v) is 13.9. The van der Waals surface area contributed by atoms with Crippen molar-refractivity contribution in [3.8, 4) is 5.75 Å². The summed E-state index contributed by atoms with van der Waals surface area (Å²) in [5.41, 5.74) is 1.10. The molecule has 0 amide bonds. The molecule has 0 bridgehead atoms. The van der Waals surface area contributed by atoms with Gasteiger partial charge in [-0.25, -0.2) is 0 Å². The summed E-state index contributed by atoms with van der Waals surface area (Å²) < 4.78 is 12.0. The topological polar surface area (TPSA) is 60.2 Å². The molecule has 0 saturated heterocycles. The highest BCUT2D eigenvalue weighted by atomic mass is 79.9. The normalized spacial score (nSPS) is 10.8. The van der Waals surface area contributed by atoms with Gasteiger partial charge in [-0.3, -0.25) is 0 Å². The van der Waals surface area contributed by atoms with Gasteiger partial charge in [0.15, 0.2) is 12.4 Å². The first kappa shape index (κ1) is 16.0. The predicted molar refractivity (Wildman–Crippen MR) is 84.1 cm³/mol. The molecule has 5 nitrogen and oxygen atoms in total. The molecule has 0 spiro atoms. The first-order valence-electron chi connectivity index (χ1n) is 7.16. The molecular weight excluding hydrogens is 334 g/mol. The van der Waals surface area contributed by atoms with Crippen LogP contribution in [0.1, 0.15) is 37.5 Å². The van der Waals surface area contributed by atoms with Crippen molar-refractivity contribution in [2.24, 2.45) is 0 Å². The van der Waals surface area contributed by atoms with Crippen LogP contribution in [-0.2, 0) is 19.6 Å². The molecular formula is C15H20BrN3O2. The largest absolute Gasteiger partial charge is 0.483 e. The Bertz CT molecular complexity index is 572. The average molecular weight is 354 g/mol. The smallest absolute Gasteiger partial charge is 0.264 e. The van der Waals surface area contributed by atoms with E-state index in [0.717, 1.165) is 41.7 Å². The number of aromatic nitrogens is 2. The quantitative estimate of drug-likeness (QED) is 0.736. The van der Waals surface area contributed by atoms with Gasteiger partial charge in [-0.1, -0.05) is 34.9 Å². The van der Waals surface area contributed by atoms with Gasteiger partial charge >= 0.3 is 0 Å². The van der Waals surface area contributed by atoms with Gasteiger partial charge in [-0.05, 0) is 31.2 Å². The lowest BCUT2D eigenvalue weighted by molar-refractivity contribution is 0.240. The van der Waals surface area contributed by atoms with Gasteiger partial charge in [0.1, 0.15) is 5.75 Å². The number of hydrogen-bond donors (Lipinski definition) is 1. The van der Waals surface area contributed by atoms with Crippen LogP contribution in [0.3, 0.4) is 0 Å².